The van der Waals surface area contributed by atoms with Crippen LogP contribution in [0.5, 0.6) is 0 Å². The van der Waals surface area contributed by atoms with Crippen molar-refractivity contribution in [2.75, 3.05) is 6.61 Å². The molecule has 2 rings (SSSR count). The zero-order chi connectivity index (χ0) is 15.8. The van der Waals surface area contributed by atoms with Crippen molar-refractivity contribution in [3.8, 4) is 0 Å². The summed E-state index contributed by atoms with van der Waals surface area (Å²) < 4.78 is 4.34. The number of aliphatic hydroxyl groups is 1. The molecule has 1 nitrogen and oxygen atoms in total. The Bertz CT molecular complexity index is 600. The standard InChI is InChI=1S/C19H22OSe2/c1-15-5-9-17(10-6-15)21-14-19(4-3-13-20)22-18-11-7-16(2)8-12-18/h5-12,14,20H,3-4,13H2,1-2H3/b19-14+. The topological polar surface area (TPSA) is 20.2 Å². The van der Waals surface area contributed by atoms with Crippen LogP contribution in [0.4, 0.5) is 0 Å². The predicted octanol–water partition coefficient (Wildman–Crippen LogP) is 2.28. The Morgan fingerprint density at radius 3 is 2.00 bits per heavy atom. The molecule has 0 aliphatic rings. The monoisotopic (exact) mass is 426 g/mol. The van der Waals surface area contributed by atoms with E-state index >= 15 is 0 Å². The van der Waals surface area contributed by atoms with Crippen molar-refractivity contribution in [1.82, 2.24) is 0 Å². The first kappa shape index (κ1) is 17.5. The van der Waals surface area contributed by atoms with Crippen LogP contribution >= 0.6 is 0 Å². The van der Waals surface area contributed by atoms with Gasteiger partial charge in [-0.3, -0.25) is 0 Å². The molecule has 0 aliphatic heterocycles. The van der Waals surface area contributed by atoms with Gasteiger partial charge in [0.05, 0.1) is 0 Å². The summed E-state index contributed by atoms with van der Waals surface area (Å²) in [5, 5.41) is 9.12. The van der Waals surface area contributed by atoms with Gasteiger partial charge in [0.2, 0.25) is 0 Å². The SMILES string of the molecule is Cc1ccc([Se]/C=C(\CCCO)[Se]c2ccc(C)cc2)cc1. The Balaban J connectivity index is 2.05. The molecule has 0 atom stereocenters. The molecule has 2 aromatic carbocycles. The fraction of sp³-hybridized carbons (Fsp3) is 0.263. The summed E-state index contributed by atoms with van der Waals surface area (Å²) in [6.45, 7) is 4.53. The van der Waals surface area contributed by atoms with Crippen molar-refractivity contribution < 1.29 is 5.11 Å². The molecular weight excluding hydrogens is 402 g/mol. The van der Waals surface area contributed by atoms with Crippen molar-refractivity contribution in [3.05, 3.63) is 69.1 Å². The summed E-state index contributed by atoms with van der Waals surface area (Å²) >= 11 is 0.750. The number of allylic oxidation sites excluding steroid dienone is 1. The Labute approximate surface area is 146 Å². The van der Waals surface area contributed by atoms with E-state index in [2.05, 4.69) is 67.4 Å². The number of hydrogen-bond acceptors (Lipinski definition) is 1. The second-order valence-corrected chi connectivity index (χ2v) is 9.75. The first-order chi connectivity index (χ1) is 10.7. The number of aliphatic hydroxyl groups excluding tert-OH is 1. The van der Waals surface area contributed by atoms with Crippen molar-refractivity contribution in [3.63, 3.8) is 0 Å². The van der Waals surface area contributed by atoms with Crippen molar-refractivity contribution in [2.45, 2.75) is 26.7 Å². The number of aryl methyl sites for hydroxylation is 2. The molecule has 0 aliphatic carbocycles. The predicted molar refractivity (Wildman–Crippen MR) is 97.5 cm³/mol. The summed E-state index contributed by atoms with van der Waals surface area (Å²) in [5.74, 6) is 0. The molecule has 0 bridgehead atoms. The van der Waals surface area contributed by atoms with E-state index in [1.54, 1.807) is 0 Å². The van der Waals surface area contributed by atoms with Crippen LogP contribution < -0.4 is 8.92 Å². The van der Waals surface area contributed by atoms with Crippen LogP contribution in [0.3, 0.4) is 0 Å². The van der Waals surface area contributed by atoms with Crippen LogP contribution in [0.25, 0.3) is 0 Å². The third-order valence-electron chi connectivity index (χ3n) is 3.20. The van der Waals surface area contributed by atoms with Crippen LogP contribution in [0.2, 0.25) is 0 Å². The molecule has 116 valence electrons. The van der Waals surface area contributed by atoms with Crippen molar-refractivity contribution >= 4 is 38.8 Å². The van der Waals surface area contributed by atoms with Gasteiger partial charge in [0, 0.05) is 0 Å². The van der Waals surface area contributed by atoms with Crippen LogP contribution in [-0.4, -0.2) is 41.6 Å². The van der Waals surface area contributed by atoms with Gasteiger partial charge >= 0.3 is 146 Å². The molecule has 3 heteroatoms. The molecule has 0 unspecified atom stereocenters. The minimum atomic E-state index is 0.277. The maximum atomic E-state index is 9.12. The number of benzene rings is 2. The van der Waals surface area contributed by atoms with E-state index in [4.69, 9.17) is 5.11 Å². The van der Waals surface area contributed by atoms with Gasteiger partial charge in [0.1, 0.15) is 0 Å². The molecule has 0 amide bonds. The van der Waals surface area contributed by atoms with E-state index in [-0.39, 0.29) is 6.61 Å². The van der Waals surface area contributed by atoms with E-state index in [9.17, 15) is 0 Å². The quantitative estimate of drug-likeness (QED) is 0.677. The average molecular weight is 424 g/mol. The van der Waals surface area contributed by atoms with E-state index in [1.165, 1.54) is 24.5 Å². The van der Waals surface area contributed by atoms with Gasteiger partial charge in [-0.25, -0.2) is 0 Å². The molecule has 22 heavy (non-hydrogen) atoms. The van der Waals surface area contributed by atoms with Crippen LogP contribution in [0.1, 0.15) is 24.0 Å². The summed E-state index contributed by atoms with van der Waals surface area (Å²) in [4.78, 5) is 2.42. The van der Waals surface area contributed by atoms with E-state index in [0.717, 1.165) is 12.8 Å². The van der Waals surface area contributed by atoms with Gasteiger partial charge in [-0.05, 0) is 0 Å². The first-order valence-electron chi connectivity index (χ1n) is 7.45. The molecule has 0 saturated carbocycles. The Morgan fingerprint density at radius 2 is 1.45 bits per heavy atom. The van der Waals surface area contributed by atoms with E-state index in [0.29, 0.717) is 29.9 Å². The average Bonchev–Trinajstić information content (AvgIpc) is 2.53. The summed E-state index contributed by atoms with van der Waals surface area (Å²) in [6.07, 6.45) is 1.88. The van der Waals surface area contributed by atoms with E-state index < -0.39 is 0 Å². The minimum absolute atomic E-state index is 0.277. The number of rotatable bonds is 7. The molecule has 0 fully saturated rings. The van der Waals surface area contributed by atoms with Gasteiger partial charge in [-0.15, -0.1) is 0 Å². The van der Waals surface area contributed by atoms with Gasteiger partial charge in [0.25, 0.3) is 0 Å². The fourth-order valence-electron chi connectivity index (χ4n) is 1.90. The second kappa shape index (κ2) is 9.35. The molecule has 0 saturated heterocycles. The van der Waals surface area contributed by atoms with Gasteiger partial charge < -0.3 is 0 Å². The fourth-order valence-corrected chi connectivity index (χ4v) is 6.19. The molecule has 0 spiro atoms. The molecule has 0 heterocycles. The van der Waals surface area contributed by atoms with Gasteiger partial charge in [-0.2, -0.15) is 0 Å². The maximum absolute atomic E-state index is 9.12. The van der Waals surface area contributed by atoms with Gasteiger partial charge in [-0.1, -0.05) is 0 Å². The zero-order valence-electron chi connectivity index (χ0n) is 13.1. The summed E-state index contributed by atoms with van der Waals surface area (Å²) in [7, 11) is 0. The molecule has 1 N–H and O–H groups in total. The third kappa shape index (κ3) is 6.12. The summed E-state index contributed by atoms with van der Waals surface area (Å²) in [5.41, 5.74) is 2.62. The Hall–Kier alpha value is -0.821. The first-order valence-corrected chi connectivity index (χ1v) is 11.0. The van der Waals surface area contributed by atoms with Gasteiger partial charge in [0.15, 0.2) is 0 Å². The Morgan fingerprint density at radius 1 is 0.909 bits per heavy atom. The Kier molecular flexibility index (Phi) is 7.45. The second-order valence-electron chi connectivity index (χ2n) is 5.26. The molecule has 0 radical (unpaired) electrons. The van der Waals surface area contributed by atoms with Crippen LogP contribution in [-0.2, 0) is 0 Å². The van der Waals surface area contributed by atoms with Crippen LogP contribution in [0, 0.1) is 13.8 Å². The zero-order valence-corrected chi connectivity index (χ0v) is 16.5. The van der Waals surface area contributed by atoms with Crippen molar-refractivity contribution in [2.24, 2.45) is 0 Å². The number of hydrogen-bond donors (Lipinski definition) is 1. The normalized spacial score (nSPS) is 11.7. The molecule has 0 aromatic heterocycles. The third-order valence-corrected chi connectivity index (χ3v) is 8.23. The molecule has 2 aromatic rings. The van der Waals surface area contributed by atoms with E-state index in [1.807, 2.05) is 0 Å². The summed E-state index contributed by atoms with van der Waals surface area (Å²) in [6, 6.07) is 17.7. The van der Waals surface area contributed by atoms with Crippen LogP contribution in [0.15, 0.2) is 58.0 Å². The van der Waals surface area contributed by atoms with Crippen molar-refractivity contribution in [1.29, 1.82) is 0 Å². The molecular formula is C19H22OSe2.